The Labute approximate surface area is 117 Å². The third-order valence-corrected chi connectivity index (χ3v) is 4.48. The molecule has 0 amide bonds. The lowest BCUT2D eigenvalue weighted by Crippen LogP contribution is -2.26. The number of benzene rings is 1. The van der Waals surface area contributed by atoms with Crippen LogP contribution in [-0.2, 0) is 16.4 Å². The highest BCUT2D eigenvalue weighted by molar-refractivity contribution is 7.89. The Kier molecular flexibility index (Phi) is 4.24. The van der Waals surface area contributed by atoms with Gasteiger partial charge in [0.1, 0.15) is 4.90 Å². The lowest BCUT2D eigenvalue weighted by molar-refractivity contribution is 0.581. The zero-order chi connectivity index (χ0) is 13.9. The molecular formula is C12H14ClN3O2S. The van der Waals surface area contributed by atoms with Crippen LogP contribution in [0.25, 0.3) is 0 Å². The Hall–Kier alpha value is -1.37. The van der Waals surface area contributed by atoms with Crippen molar-refractivity contribution in [3.63, 3.8) is 0 Å². The van der Waals surface area contributed by atoms with Gasteiger partial charge in [0.2, 0.25) is 10.0 Å². The zero-order valence-electron chi connectivity index (χ0n) is 10.4. The molecule has 0 atom stereocenters. The second kappa shape index (κ2) is 5.73. The van der Waals surface area contributed by atoms with Crippen LogP contribution < -0.4 is 4.72 Å². The van der Waals surface area contributed by atoms with E-state index < -0.39 is 10.0 Å². The second-order valence-electron chi connectivity index (χ2n) is 4.14. The first kappa shape index (κ1) is 14.0. The van der Waals surface area contributed by atoms with Gasteiger partial charge in [0.05, 0.1) is 11.9 Å². The summed E-state index contributed by atoms with van der Waals surface area (Å²) >= 11 is 5.86. The first-order valence-electron chi connectivity index (χ1n) is 5.73. The van der Waals surface area contributed by atoms with Gasteiger partial charge in [-0.1, -0.05) is 23.7 Å². The third-order valence-electron chi connectivity index (χ3n) is 2.67. The summed E-state index contributed by atoms with van der Waals surface area (Å²) < 4.78 is 26.5. The van der Waals surface area contributed by atoms with Gasteiger partial charge in [0, 0.05) is 11.6 Å². The van der Waals surface area contributed by atoms with Gasteiger partial charge in [0.15, 0.2) is 0 Å². The number of hydrogen-bond donors (Lipinski definition) is 2. The van der Waals surface area contributed by atoms with Crippen LogP contribution in [0.1, 0.15) is 11.3 Å². The minimum Gasteiger partial charge on any atom is -0.281 e. The maximum atomic E-state index is 12.0. The summed E-state index contributed by atoms with van der Waals surface area (Å²) in [5, 5.41) is 6.95. The third kappa shape index (κ3) is 3.56. The van der Waals surface area contributed by atoms with E-state index in [1.165, 1.54) is 6.20 Å². The van der Waals surface area contributed by atoms with Gasteiger partial charge in [-0.15, -0.1) is 0 Å². The van der Waals surface area contributed by atoms with Crippen LogP contribution in [-0.4, -0.2) is 25.2 Å². The summed E-state index contributed by atoms with van der Waals surface area (Å²) in [6, 6.07) is 7.35. The van der Waals surface area contributed by atoms with Gasteiger partial charge in [-0.05, 0) is 31.0 Å². The number of H-pyrrole nitrogens is 1. The SMILES string of the molecule is Cc1[nH]ncc1S(=O)(=O)NCCc1cccc(Cl)c1. The molecule has 19 heavy (non-hydrogen) atoms. The van der Waals surface area contributed by atoms with Crippen molar-refractivity contribution in [2.75, 3.05) is 6.54 Å². The first-order valence-corrected chi connectivity index (χ1v) is 7.59. The van der Waals surface area contributed by atoms with Crippen molar-refractivity contribution in [1.82, 2.24) is 14.9 Å². The van der Waals surface area contributed by atoms with E-state index in [0.717, 1.165) is 5.56 Å². The van der Waals surface area contributed by atoms with Crippen molar-refractivity contribution >= 4 is 21.6 Å². The van der Waals surface area contributed by atoms with Gasteiger partial charge in [-0.25, -0.2) is 13.1 Å². The van der Waals surface area contributed by atoms with Gasteiger partial charge < -0.3 is 0 Å². The molecule has 0 aliphatic rings. The number of rotatable bonds is 5. The highest BCUT2D eigenvalue weighted by Gasteiger charge is 2.17. The summed E-state index contributed by atoms with van der Waals surface area (Å²) in [4.78, 5) is 0.179. The van der Waals surface area contributed by atoms with E-state index >= 15 is 0 Å². The van der Waals surface area contributed by atoms with Gasteiger partial charge in [0.25, 0.3) is 0 Å². The van der Waals surface area contributed by atoms with Crippen molar-refractivity contribution in [1.29, 1.82) is 0 Å². The van der Waals surface area contributed by atoms with Crippen LogP contribution in [0.5, 0.6) is 0 Å². The number of nitrogens with zero attached hydrogens (tertiary/aromatic N) is 1. The molecule has 2 N–H and O–H groups in total. The molecule has 0 unspecified atom stereocenters. The second-order valence-corrected chi connectivity index (χ2v) is 6.31. The average Bonchev–Trinajstić information content (AvgIpc) is 2.76. The number of halogens is 1. The van der Waals surface area contributed by atoms with Crippen molar-refractivity contribution in [3.05, 3.63) is 46.7 Å². The normalized spacial score (nSPS) is 11.7. The standard InChI is InChI=1S/C12H14ClN3O2S/c1-9-12(8-14-16-9)19(17,18)15-6-5-10-3-2-4-11(13)7-10/h2-4,7-8,15H,5-6H2,1H3,(H,14,16). The van der Waals surface area contributed by atoms with E-state index in [0.29, 0.717) is 23.7 Å². The van der Waals surface area contributed by atoms with E-state index in [4.69, 9.17) is 11.6 Å². The number of aryl methyl sites for hydroxylation is 1. The molecule has 1 aromatic carbocycles. The van der Waals surface area contributed by atoms with E-state index in [1.54, 1.807) is 13.0 Å². The Balaban J connectivity index is 1.98. The van der Waals surface area contributed by atoms with Gasteiger partial charge in [-0.2, -0.15) is 5.10 Å². The molecule has 1 aromatic heterocycles. The first-order chi connectivity index (χ1) is 8.99. The lowest BCUT2D eigenvalue weighted by atomic mass is 10.2. The predicted molar refractivity (Wildman–Crippen MR) is 73.7 cm³/mol. The molecule has 0 bridgehead atoms. The molecule has 2 aromatic rings. The summed E-state index contributed by atoms with van der Waals surface area (Å²) in [5.74, 6) is 0. The highest BCUT2D eigenvalue weighted by Crippen LogP contribution is 2.12. The summed E-state index contributed by atoms with van der Waals surface area (Å²) in [6.45, 7) is 1.98. The average molecular weight is 300 g/mol. The van der Waals surface area contributed by atoms with Gasteiger partial charge >= 0.3 is 0 Å². The van der Waals surface area contributed by atoms with E-state index in [-0.39, 0.29) is 4.90 Å². The highest BCUT2D eigenvalue weighted by atomic mass is 35.5. The maximum Gasteiger partial charge on any atom is 0.243 e. The largest absolute Gasteiger partial charge is 0.281 e. The molecule has 2 rings (SSSR count). The van der Waals surface area contributed by atoms with E-state index in [1.807, 2.05) is 18.2 Å². The Morgan fingerprint density at radius 3 is 2.84 bits per heavy atom. The number of hydrogen-bond acceptors (Lipinski definition) is 3. The van der Waals surface area contributed by atoms with Gasteiger partial charge in [-0.3, -0.25) is 5.10 Å². The van der Waals surface area contributed by atoms with Crippen LogP contribution in [0.15, 0.2) is 35.4 Å². The Morgan fingerprint density at radius 2 is 2.21 bits per heavy atom. The predicted octanol–water partition coefficient (Wildman–Crippen LogP) is 1.89. The molecule has 0 saturated carbocycles. The Morgan fingerprint density at radius 1 is 1.42 bits per heavy atom. The molecule has 7 heteroatoms. The van der Waals surface area contributed by atoms with Crippen LogP contribution >= 0.6 is 11.6 Å². The molecule has 0 radical (unpaired) electrons. The molecule has 5 nitrogen and oxygen atoms in total. The lowest BCUT2D eigenvalue weighted by Gasteiger charge is -2.06. The van der Waals surface area contributed by atoms with Crippen LogP contribution in [0, 0.1) is 6.92 Å². The Bertz CT molecular complexity index is 667. The van der Waals surface area contributed by atoms with Crippen molar-refractivity contribution in [2.45, 2.75) is 18.2 Å². The van der Waals surface area contributed by atoms with Crippen molar-refractivity contribution in [2.24, 2.45) is 0 Å². The number of aromatic amines is 1. The summed E-state index contributed by atoms with van der Waals surface area (Å²) in [5.41, 5.74) is 1.51. The minimum absolute atomic E-state index is 0.179. The zero-order valence-corrected chi connectivity index (χ0v) is 11.9. The topological polar surface area (TPSA) is 74.8 Å². The van der Waals surface area contributed by atoms with Crippen molar-refractivity contribution in [3.8, 4) is 0 Å². The number of nitrogens with one attached hydrogen (secondary N) is 2. The molecule has 1 heterocycles. The van der Waals surface area contributed by atoms with Crippen molar-refractivity contribution < 1.29 is 8.42 Å². The van der Waals surface area contributed by atoms with Crippen LogP contribution in [0.4, 0.5) is 0 Å². The quantitative estimate of drug-likeness (QED) is 0.885. The molecular weight excluding hydrogens is 286 g/mol. The smallest absolute Gasteiger partial charge is 0.243 e. The summed E-state index contributed by atoms with van der Waals surface area (Å²) in [6.07, 6.45) is 1.88. The molecule has 0 aliphatic heterocycles. The molecule has 0 fully saturated rings. The molecule has 102 valence electrons. The monoisotopic (exact) mass is 299 g/mol. The number of aromatic nitrogens is 2. The molecule has 0 spiro atoms. The fourth-order valence-electron chi connectivity index (χ4n) is 1.71. The fourth-order valence-corrected chi connectivity index (χ4v) is 3.09. The number of sulfonamides is 1. The maximum absolute atomic E-state index is 12.0. The van der Waals surface area contributed by atoms with E-state index in [9.17, 15) is 8.42 Å². The molecule has 0 saturated heterocycles. The van der Waals surface area contributed by atoms with Crippen LogP contribution in [0.2, 0.25) is 5.02 Å². The van der Waals surface area contributed by atoms with E-state index in [2.05, 4.69) is 14.9 Å². The minimum atomic E-state index is -3.50. The fraction of sp³-hybridized carbons (Fsp3) is 0.250. The summed E-state index contributed by atoms with van der Waals surface area (Å²) in [7, 11) is -3.50. The molecule has 0 aliphatic carbocycles. The van der Waals surface area contributed by atoms with Crippen LogP contribution in [0.3, 0.4) is 0 Å².